The Hall–Kier alpha value is -1.06. The van der Waals surface area contributed by atoms with E-state index in [1.807, 2.05) is 18.2 Å². The Kier molecular flexibility index (Phi) is 4.83. The van der Waals surface area contributed by atoms with Gasteiger partial charge in [0.05, 0.1) is 13.2 Å². The van der Waals surface area contributed by atoms with Crippen LogP contribution in [0.5, 0.6) is 5.75 Å². The second-order valence-corrected chi connectivity index (χ2v) is 5.70. The predicted octanol–water partition coefficient (Wildman–Crippen LogP) is 2.52. The van der Waals surface area contributed by atoms with Crippen LogP contribution in [-0.4, -0.2) is 29.9 Å². The highest BCUT2D eigenvalue weighted by atomic mass is 16.5. The standard InChI is InChI=1S/C16H25NO2/c1-3-13-6-4-5-7-15(13)19-11-10-16(2,12-18)17-14-8-9-14/h4-7,14,17-18H,3,8-12H2,1-2H3. The van der Waals surface area contributed by atoms with E-state index >= 15 is 0 Å². The van der Waals surface area contributed by atoms with Crippen molar-refractivity contribution in [1.82, 2.24) is 5.32 Å². The van der Waals surface area contributed by atoms with Crippen molar-refractivity contribution < 1.29 is 9.84 Å². The molecule has 2 rings (SSSR count). The molecule has 2 N–H and O–H groups in total. The highest BCUT2D eigenvalue weighted by Crippen LogP contribution is 2.24. The zero-order chi connectivity index (χ0) is 13.7. The molecule has 0 saturated heterocycles. The van der Waals surface area contributed by atoms with Crippen LogP contribution in [0, 0.1) is 0 Å². The normalized spacial score (nSPS) is 18.1. The summed E-state index contributed by atoms with van der Waals surface area (Å²) in [6.07, 6.45) is 4.26. The third kappa shape index (κ3) is 4.22. The van der Waals surface area contributed by atoms with Gasteiger partial charge in [-0.25, -0.2) is 0 Å². The van der Waals surface area contributed by atoms with Gasteiger partial charge in [0.1, 0.15) is 5.75 Å². The van der Waals surface area contributed by atoms with Crippen LogP contribution in [0.2, 0.25) is 0 Å². The predicted molar refractivity (Wildman–Crippen MR) is 77.6 cm³/mol. The minimum absolute atomic E-state index is 0.155. The van der Waals surface area contributed by atoms with Crippen LogP contribution >= 0.6 is 0 Å². The number of rotatable bonds is 8. The molecule has 106 valence electrons. The maximum Gasteiger partial charge on any atom is 0.122 e. The Labute approximate surface area is 116 Å². The molecule has 1 aliphatic rings. The fraction of sp³-hybridized carbons (Fsp3) is 0.625. The molecule has 1 unspecified atom stereocenters. The summed E-state index contributed by atoms with van der Waals surface area (Å²) in [5.74, 6) is 0.969. The average molecular weight is 263 g/mol. The Bertz CT molecular complexity index is 403. The summed E-state index contributed by atoms with van der Waals surface area (Å²) in [7, 11) is 0. The zero-order valence-electron chi connectivity index (χ0n) is 12.0. The van der Waals surface area contributed by atoms with Gasteiger partial charge >= 0.3 is 0 Å². The van der Waals surface area contributed by atoms with E-state index in [1.54, 1.807) is 0 Å². The number of nitrogens with one attached hydrogen (secondary N) is 1. The summed E-state index contributed by atoms with van der Waals surface area (Å²) < 4.78 is 5.88. The first-order chi connectivity index (χ1) is 9.17. The van der Waals surface area contributed by atoms with E-state index in [0.29, 0.717) is 12.6 Å². The van der Waals surface area contributed by atoms with Crippen molar-refractivity contribution in [2.75, 3.05) is 13.2 Å². The lowest BCUT2D eigenvalue weighted by atomic mass is 9.99. The fourth-order valence-corrected chi connectivity index (χ4v) is 2.24. The van der Waals surface area contributed by atoms with Gasteiger partial charge in [0.25, 0.3) is 0 Å². The van der Waals surface area contributed by atoms with Crippen molar-refractivity contribution in [3.05, 3.63) is 29.8 Å². The Morgan fingerprint density at radius 1 is 1.37 bits per heavy atom. The molecular weight excluding hydrogens is 238 g/mol. The summed E-state index contributed by atoms with van der Waals surface area (Å²) >= 11 is 0. The van der Waals surface area contributed by atoms with Crippen molar-refractivity contribution in [3.8, 4) is 5.75 Å². The summed E-state index contributed by atoms with van der Waals surface area (Å²) in [5, 5.41) is 13.0. The third-order valence-electron chi connectivity index (χ3n) is 3.74. The number of ether oxygens (including phenoxy) is 1. The van der Waals surface area contributed by atoms with E-state index in [1.165, 1.54) is 18.4 Å². The van der Waals surface area contributed by atoms with Crippen LogP contribution in [0.25, 0.3) is 0 Å². The second kappa shape index (κ2) is 6.40. The number of aliphatic hydroxyl groups is 1. The first-order valence-corrected chi connectivity index (χ1v) is 7.26. The van der Waals surface area contributed by atoms with E-state index < -0.39 is 0 Å². The number of hydrogen-bond donors (Lipinski definition) is 2. The quantitative estimate of drug-likeness (QED) is 0.757. The Morgan fingerprint density at radius 2 is 2.11 bits per heavy atom. The van der Waals surface area contributed by atoms with Gasteiger partial charge in [0, 0.05) is 18.0 Å². The van der Waals surface area contributed by atoms with Crippen molar-refractivity contribution in [1.29, 1.82) is 0 Å². The Balaban J connectivity index is 1.84. The van der Waals surface area contributed by atoms with E-state index in [2.05, 4.69) is 25.2 Å². The van der Waals surface area contributed by atoms with Crippen molar-refractivity contribution in [2.24, 2.45) is 0 Å². The summed E-state index contributed by atoms with van der Waals surface area (Å²) in [6, 6.07) is 8.76. The molecule has 0 radical (unpaired) electrons. The number of para-hydroxylation sites is 1. The maximum absolute atomic E-state index is 9.54. The van der Waals surface area contributed by atoms with Gasteiger partial charge in [0.2, 0.25) is 0 Å². The Morgan fingerprint density at radius 3 is 2.74 bits per heavy atom. The molecule has 3 heteroatoms. The molecule has 0 amide bonds. The lowest BCUT2D eigenvalue weighted by Crippen LogP contribution is -2.48. The van der Waals surface area contributed by atoms with Gasteiger partial charge in [-0.15, -0.1) is 0 Å². The molecule has 0 bridgehead atoms. The van der Waals surface area contributed by atoms with Crippen LogP contribution in [0.4, 0.5) is 0 Å². The lowest BCUT2D eigenvalue weighted by Gasteiger charge is -2.29. The third-order valence-corrected chi connectivity index (χ3v) is 3.74. The molecule has 0 spiro atoms. The molecule has 1 saturated carbocycles. The minimum atomic E-state index is -0.220. The van der Waals surface area contributed by atoms with Crippen LogP contribution in [0.1, 0.15) is 38.7 Å². The topological polar surface area (TPSA) is 41.5 Å². The number of aliphatic hydroxyl groups excluding tert-OH is 1. The molecule has 1 atom stereocenters. The molecule has 1 aromatic rings. The van der Waals surface area contributed by atoms with Gasteiger partial charge in [-0.2, -0.15) is 0 Å². The number of aryl methyl sites for hydroxylation is 1. The molecule has 0 aliphatic heterocycles. The molecule has 1 fully saturated rings. The molecule has 3 nitrogen and oxygen atoms in total. The van der Waals surface area contributed by atoms with Crippen LogP contribution < -0.4 is 10.1 Å². The monoisotopic (exact) mass is 263 g/mol. The van der Waals surface area contributed by atoms with Gasteiger partial charge in [-0.05, 0) is 37.8 Å². The molecule has 0 aromatic heterocycles. The van der Waals surface area contributed by atoms with Crippen molar-refractivity contribution in [3.63, 3.8) is 0 Å². The highest BCUT2D eigenvalue weighted by Gasteiger charge is 2.31. The maximum atomic E-state index is 9.54. The largest absolute Gasteiger partial charge is 0.493 e. The smallest absolute Gasteiger partial charge is 0.122 e. The summed E-state index contributed by atoms with van der Waals surface area (Å²) in [5.41, 5.74) is 1.02. The fourth-order valence-electron chi connectivity index (χ4n) is 2.24. The molecule has 1 aromatic carbocycles. The van der Waals surface area contributed by atoms with Crippen LogP contribution in [0.15, 0.2) is 24.3 Å². The zero-order valence-corrected chi connectivity index (χ0v) is 12.0. The van der Waals surface area contributed by atoms with Crippen molar-refractivity contribution >= 4 is 0 Å². The number of benzene rings is 1. The van der Waals surface area contributed by atoms with Crippen LogP contribution in [0.3, 0.4) is 0 Å². The molecule has 0 heterocycles. The van der Waals surface area contributed by atoms with E-state index in [9.17, 15) is 5.11 Å². The van der Waals surface area contributed by atoms with Crippen molar-refractivity contribution in [2.45, 2.75) is 51.1 Å². The number of hydrogen-bond acceptors (Lipinski definition) is 3. The van der Waals surface area contributed by atoms with E-state index in [0.717, 1.165) is 18.6 Å². The molecule has 1 aliphatic carbocycles. The van der Waals surface area contributed by atoms with Gasteiger partial charge in [0.15, 0.2) is 0 Å². The summed E-state index contributed by atoms with van der Waals surface area (Å²) in [6.45, 7) is 4.99. The van der Waals surface area contributed by atoms with Crippen LogP contribution in [-0.2, 0) is 6.42 Å². The first-order valence-electron chi connectivity index (χ1n) is 7.26. The second-order valence-electron chi connectivity index (χ2n) is 5.70. The summed E-state index contributed by atoms with van der Waals surface area (Å²) in [4.78, 5) is 0. The average Bonchev–Trinajstić information content (AvgIpc) is 3.23. The SMILES string of the molecule is CCc1ccccc1OCCC(C)(CO)NC1CC1. The molecule has 19 heavy (non-hydrogen) atoms. The lowest BCUT2D eigenvalue weighted by molar-refractivity contribution is 0.142. The van der Waals surface area contributed by atoms with E-state index in [-0.39, 0.29) is 12.1 Å². The van der Waals surface area contributed by atoms with Gasteiger partial charge in [-0.3, -0.25) is 0 Å². The molecular formula is C16H25NO2. The van der Waals surface area contributed by atoms with Gasteiger partial charge < -0.3 is 15.2 Å². The minimum Gasteiger partial charge on any atom is -0.493 e. The van der Waals surface area contributed by atoms with E-state index in [4.69, 9.17) is 4.74 Å². The van der Waals surface area contributed by atoms with Gasteiger partial charge in [-0.1, -0.05) is 25.1 Å². The highest BCUT2D eigenvalue weighted by molar-refractivity contribution is 5.33. The first kappa shape index (κ1) is 14.4.